The van der Waals surface area contributed by atoms with E-state index in [1.165, 1.54) is 30.3 Å². The van der Waals surface area contributed by atoms with Crippen molar-refractivity contribution >= 4 is 21.7 Å². The largest absolute Gasteiger partial charge is 0.451 e. The summed E-state index contributed by atoms with van der Waals surface area (Å²) in [5, 5.41) is 10.6. The molecule has 0 saturated carbocycles. The van der Waals surface area contributed by atoms with E-state index < -0.39 is 45.6 Å². The number of anilines is 1. The Morgan fingerprint density at radius 2 is 1.80 bits per heavy atom. The van der Waals surface area contributed by atoms with Crippen LogP contribution in [0.25, 0.3) is 22.4 Å². The molecule has 1 aliphatic heterocycles. The molecule has 0 aliphatic carbocycles. The van der Waals surface area contributed by atoms with Crippen LogP contribution in [0.5, 0.6) is 0 Å². The molecule has 1 amide bonds. The molecule has 35 heavy (non-hydrogen) atoms. The van der Waals surface area contributed by atoms with Crippen LogP contribution in [0.4, 0.5) is 23.4 Å². The predicted octanol–water partition coefficient (Wildman–Crippen LogP) is 3.31. The summed E-state index contributed by atoms with van der Waals surface area (Å²) in [4.78, 5) is 19.7. The highest BCUT2D eigenvalue weighted by Gasteiger charge is 2.37. The maximum Gasteiger partial charge on any atom is 0.451 e. The lowest BCUT2D eigenvalue weighted by Gasteiger charge is -2.19. The van der Waals surface area contributed by atoms with Gasteiger partial charge in [0, 0.05) is 5.56 Å². The third kappa shape index (κ3) is 5.47. The maximum absolute atomic E-state index is 13.7. The van der Waals surface area contributed by atoms with Gasteiger partial charge in [0.1, 0.15) is 11.6 Å². The van der Waals surface area contributed by atoms with Gasteiger partial charge in [-0.1, -0.05) is 12.1 Å². The van der Waals surface area contributed by atoms with Gasteiger partial charge >= 0.3 is 6.18 Å². The number of hydrogen-bond acceptors (Lipinski definition) is 6. The molecule has 184 valence electrons. The molecule has 2 heterocycles. The van der Waals surface area contributed by atoms with Crippen LogP contribution >= 0.6 is 0 Å². The van der Waals surface area contributed by atoms with Gasteiger partial charge in [0.15, 0.2) is 0 Å². The molecule has 1 aliphatic rings. The Morgan fingerprint density at radius 1 is 1.09 bits per heavy atom. The number of nitrogens with zero attached hydrogens (tertiary/aromatic N) is 2. The van der Waals surface area contributed by atoms with E-state index >= 15 is 0 Å². The van der Waals surface area contributed by atoms with Gasteiger partial charge in [0.25, 0.3) is 0 Å². The second kappa shape index (κ2) is 9.32. The highest BCUT2D eigenvalue weighted by atomic mass is 32.2. The first kappa shape index (κ1) is 24.7. The minimum Gasteiger partial charge on any atom is -0.309 e. The minimum absolute atomic E-state index is 0.0820. The summed E-state index contributed by atoms with van der Waals surface area (Å²) in [6, 6.07) is 8.97. The fourth-order valence-electron chi connectivity index (χ4n) is 3.71. The number of rotatable bonds is 5. The van der Waals surface area contributed by atoms with Crippen molar-refractivity contribution in [2.24, 2.45) is 5.14 Å². The van der Waals surface area contributed by atoms with Crippen LogP contribution < -0.4 is 15.8 Å². The van der Waals surface area contributed by atoms with Gasteiger partial charge in [-0.25, -0.2) is 27.9 Å². The summed E-state index contributed by atoms with van der Waals surface area (Å²) in [7, 11) is -4.16. The lowest BCUT2D eigenvalue weighted by Crippen LogP contribution is -2.36. The molecule has 0 bridgehead atoms. The second-order valence-electron chi connectivity index (χ2n) is 7.84. The number of halogens is 4. The van der Waals surface area contributed by atoms with Crippen molar-refractivity contribution in [2.75, 3.05) is 11.9 Å². The molecule has 1 saturated heterocycles. The van der Waals surface area contributed by atoms with Crippen LogP contribution in [0.3, 0.4) is 0 Å². The first-order valence-corrected chi connectivity index (χ1v) is 11.9. The van der Waals surface area contributed by atoms with Crippen molar-refractivity contribution in [2.45, 2.75) is 30.0 Å². The number of carbonyl (C=O) groups is 1. The summed E-state index contributed by atoms with van der Waals surface area (Å²) in [6.07, 6.45) is -3.79. The zero-order chi connectivity index (χ0) is 25.4. The molecule has 1 atom stereocenters. The molecule has 4 rings (SSSR count). The number of nitrogens with two attached hydrogens (primary N) is 1. The van der Waals surface area contributed by atoms with Crippen molar-refractivity contribution in [3.05, 3.63) is 60.2 Å². The van der Waals surface area contributed by atoms with Crippen LogP contribution in [0.1, 0.15) is 18.7 Å². The van der Waals surface area contributed by atoms with Gasteiger partial charge in [-0.05, 0) is 61.3 Å². The average Bonchev–Trinajstić information content (AvgIpc) is 3.33. The van der Waals surface area contributed by atoms with Crippen molar-refractivity contribution < 1.29 is 30.8 Å². The fraction of sp³-hybridized carbons (Fsp3) is 0.227. The van der Waals surface area contributed by atoms with Gasteiger partial charge in [-0.15, -0.1) is 0 Å². The standard InChI is InChI=1S/C22H19F4N5O3S/c23-14-8-6-12(7-9-14)18-17(13-3-1-4-15(11-13)35(27,33)34)19(31-21(29-18)22(24,25)26)30-20(32)16-5-2-10-28-16/h1,3-4,6-9,11,16,28H,2,5,10H2,(H2,27,33,34)(H,29,30,31,32). The molecule has 0 spiro atoms. The summed E-state index contributed by atoms with van der Waals surface area (Å²) in [5.41, 5.74) is -0.195. The minimum atomic E-state index is -4.97. The zero-order valence-electron chi connectivity index (χ0n) is 17.9. The van der Waals surface area contributed by atoms with Crippen LogP contribution in [0, 0.1) is 5.82 Å². The van der Waals surface area contributed by atoms with E-state index in [1.807, 2.05) is 0 Å². The number of hydrogen-bond donors (Lipinski definition) is 3. The molecule has 1 aromatic heterocycles. The lowest BCUT2D eigenvalue weighted by atomic mass is 9.99. The highest BCUT2D eigenvalue weighted by Crippen LogP contribution is 2.39. The Hall–Kier alpha value is -3.42. The van der Waals surface area contributed by atoms with Gasteiger partial charge in [-0.2, -0.15) is 13.2 Å². The maximum atomic E-state index is 13.7. The number of amides is 1. The lowest BCUT2D eigenvalue weighted by molar-refractivity contribution is -0.144. The summed E-state index contributed by atoms with van der Waals surface area (Å²) >= 11 is 0. The van der Waals surface area contributed by atoms with E-state index in [9.17, 15) is 30.8 Å². The van der Waals surface area contributed by atoms with Crippen LogP contribution in [0.15, 0.2) is 53.4 Å². The normalized spacial score (nSPS) is 16.3. The third-order valence-electron chi connectivity index (χ3n) is 5.35. The third-order valence-corrected chi connectivity index (χ3v) is 6.26. The predicted molar refractivity (Wildman–Crippen MR) is 119 cm³/mol. The smallest absolute Gasteiger partial charge is 0.309 e. The molecule has 8 nitrogen and oxygen atoms in total. The molecule has 3 aromatic rings. The number of nitrogens with one attached hydrogen (secondary N) is 2. The van der Waals surface area contributed by atoms with E-state index in [0.717, 1.165) is 18.2 Å². The zero-order valence-corrected chi connectivity index (χ0v) is 18.8. The first-order valence-electron chi connectivity index (χ1n) is 10.4. The summed E-state index contributed by atoms with van der Waals surface area (Å²) in [6.45, 7) is 0.569. The molecular formula is C22H19F4N5O3S. The van der Waals surface area contributed by atoms with E-state index in [1.54, 1.807) is 0 Å². The van der Waals surface area contributed by atoms with Crippen LogP contribution in [-0.2, 0) is 21.0 Å². The fourth-order valence-corrected chi connectivity index (χ4v) is 4.27. The Bertz CT molecular complexity index is 1370. The molecule has 13 heteroatoms. The van der Waals surface area contributed by atoms with Crippen LogP contribution in [-0.4, -0.2) is 36.9 Å². The first-order chi connectivity index (χ1) is 16.4. The Kier molecular flexibility index (Phi) is 6.58. The summed E-state index contributed by atoms with van der Waals surface area (Å²) < 4.78 is 78.5. The molecule has 1 fully saturated rings. The van der Waals surface area contributed by atoms with Crippen molar-refractivity contribution in [1.29, 1.82) is 0 Å². The quantitative estimate of drug-likeness (QED) is 0.453. The number of sulfonamides is 1. The van der Waals surface area contributed by atoms with E-state index in [0.29, 0.717) is 19.4 Å². The topological polar surface area (TPSA) is 127 Å². The Balaban J connectivity index is 1.99. The molecule has 0 radical (unpaired) electrons. The number of alkyl halides is 3. The molecular weight excluding hydrogens is 490 g/mol. The van der Waals surface area contributed by atoms with Crippen molar-refractivity contribution in [1.82, 2.24) is 15.3 Å². The van der Waals surface area contributed by atoms with Gasteiger partial charge in [-0.3, -0.25) is 4.79 Å². The van der Waals surface area contributed by atoms with Crippen molar-refractivity contribution in [3.8, 4) is 22.4 Å². The van der Waals surface area contributed by atoms with Gasteiger partial charge < -0.3 is 10.6 Å². The van der Waals surface area contributed by atoms with Crippen molar-refractivity contribution in [3.63, 3.8) is 0 Å². The monoisotopic (exact) mass is 509 g/mol. The molecule has 4 N–H and O–H groups in total. The highest BCUT2D eigenvalue weighted by molar-refractivity contribution is 7.89. The number of primary sulfonamides is 1. The second-order valence-corrected chi connectivity index (χ2v) is 9.40. The number of aromatic nitrogens is 2. The Labute approximate surface area is 197 Å². The van der Waals surface area contributed by atoms with Gasteiger partial charge in [0.2, 0.25) is 21.8 Å². The van der Waals surface area contributed by atoms with Crippen LogP contribution in [0.2, 0.25) is 0 Å². The number of benzene rings is 2. The summed E-state index contributed by atoms with van der Waals surface area (Å²) in [5.74, 6) is -3.24. The SMILES string of the molecule is NS(=O)(=O)c1cccc(-c2c(NC(=O)C3CCCN3)nc(C(F)(F)F)nc2-c2ccc(F)cc2)c1. The number of carbonyl (C=O) groups excluding carboxylic acids is 1. The van der Waals surface area contributed by atoms with E-state index in [-0.39, 0.29) is 27.3 Å². The van der Waals surface area contributed by atoms with E-state index in [2.05, 4.69) is 20.6 Å². The average molecular weight is 509 g/mol. The van der Waals surface area contributed by atoms with Gasteiger partial charge in [0.05, 0.1) is 22.2 Å². The molecule has 1 unspecified atom stereocenters. The molecule has 2 aromatic carbocycles. The van der Waals surface area contributed by atoms with E-state index in [4.69, 9.17) is 5.14 Å². The Morgan fingerprint density at radius 3 is 2.40 bits per heavy atom.